The minimum atomic E-state index is -0.250. The van der Waals surface area contributed by atoms with Crippen molar-refractivity contribution in [3.63, 3.8) is 0 Å². The van der Waals surface area contributed by atoms with Gasteiger partial charge in [-0.3, -0.25) is 4.79 Å². The Morgan fingerprint density at radius 2 is 1.86 bits per heavy atom. The van der Waals surface area contributed by atoms with Crippen LogP contribution < -0.4 is 5.73 Å². The number of nitrogens with one attached hydrogen (secondary N) is 1. The van der Waals surface area contributed by atoms with Crippen molar-refractivity contribution >= 4 is 22.8 Å². The topological polar surface area (TPSA) is 134 Å². The Kier molecular flexibility index (Phi) is 3.95. The van der Waals surface area contributed by atoms with Crippen LogP contribution in [0.5, 0.6) is 0 Å². The zero-order valence-corrected chi connectivity index (χ0v) is 15.3. The van der Waals surface area contributed by atoms with Crippen molar-refractivity contribution in [2.24, 2.45) is 0 Å². The van der Waals surface area contributed by atoms with Crippen LogP contribution in [-0.2, 0) is 19.7 Å². The van der Waals surface area contributed by atoms with E-state index in [-0.39, 0.29) is 24.2 Å². The van der Waals surface area contributed by atoms with Gasteiger partial charge in [0.05, 0.1) is 12.1 Å². The van der Waals surface area contributed by atoms with E-state index < -0.39 is 0 Å². The highest BCUT2D eigenvalue weighted by atomic mass is 16.3. The van der Waals surface area contributed by atoms with E-state index in [9.17, 15) is 9.90 Å². The molecule has 0 bridgehead atoms. The Morgan fingerprint density at radius 1 is 1.10 bits per heavy atom. The van der Waals surface area contributed by atoms with Crippen LogP contribution in [0, 0.1) is 0 Å². The molecule has 1 amide bonds. The highest BCUT2D eigenvalue weighted by molar-refractivity contribution is 6.05. The number of H-pyrrole nitrogens is 1. The molecule has 0 aliphatic carbocycles. The van der Waals surface area contributed by atoms with Crippen LogP contribution in [0.15, 0.2) is 42.5 Å². The number of aliphatic hydroxyl groups excluding tert-OH is 1. The van der Waals surface area contributed by atoms with Crippen LogP contribution >= 0.6 is 0 Å². The van der Waals surface area contributed by atoms with Gasteiger partial charge >= 0.3 is 0 Å². The van der Waals surface area contributed by atoms with E-state index >= 15 is 0 Å². The van der Waals surface area contributed by atoms with Crippen LogP contribution in [0.25, 0.3) is 22.2 Å². The number of nitrogens with zero attached hydrogens (tertiary/aromatic N) is 5. The van der Waals surface area contributed by atoms with Gasteiger partial charge in [-0.15, -0.1) is 0 Å². The number of fused-ring (bicyclic) bond motifs is 2. The summed E-state index contributed by atoms with van der Waals surface area (Å²) in [6.45, 7) is 0.802. The molecule has 0 radical (unpaired) electrons. The molecule has 144 valence electrons. The minimum absolute atomic E-state index is 0.0443. The maximum absolute atomic E-state index is 13.3. The summed E-state index contributed by atoms with van der Waals surface area (Å²) < 4.78 is 0. The molecule has 4 aromatic rings. The zero-order valence-electron chi connectivity index (χ0n) is 15.3. The second kappa shape index (κ2) is 6.64. The summed E-state index contributed by atoms with van der Waals surface area (Å²) in [5.74, 6) is -0.164. The van der Waals surface area contributed by atoms with Crippen molar-refractivity contribution in [3.05, 3.63) is 65.0 Å². The molecule has 29 heavy (non-hydrogen) atoms. The lowest BCUT2D eigenvalue weighted by Gasteiger charge is -2.16. The number of rotatable bonds is 3. The second-order valence-electron chi connectivity index (χ2n) is 6.87. The SMILES string of the molecule is Nc1nc(C(=O)N2Cc3ccccc3C2)c2cc(-c3n[nH]nc3CO)ccc2n1. The highest BCUT2D eigenvalue weighted by Crippen LogP contribution is 2.29. The first-order valence-corrected chi connectivity index (χ1v) is 9.08. The smallest absolute Gasteiger partial charge is 0.273 e. The van der Waals surface area contributed by atoms with Crippen LogP contribution in [0.4, 0.5) is 5.95 Å². The van der Waals surface area contributed by atoms with Crippen LogP contribution in [0.1, 0.15) is 27.3 Å². The number of nitrogen functional groups attached to an aromatic ring is 1. The maximum atomic E-state index is 13.3. The third kappa shape index (κ3) is 2.88. The molecule has 3 heterocycles. The van der Waals surface area contributed by atoms with E-state index in [2.05, 4.69) is 25.4 Å². The van der Waals surface area contributed by atoms with Crippen molar-refractivity contribution in [2.75, 3.05) is 5.73 Å². The third-order valence-corrected chi connectivity index (χ3v) is 5.09. The Bertz CT molecular complexity index is 1230. The highest BCUT2D eigenvalue weighted by Gasteiger charge is 2.27. The lowest BCUT2D eigenvalue weighted by Crippen LogP contribution is -2.27. The summed E-state index contributed by atoms with van der Waals surface area (Å²) in [6.07, 6.45) is 0. The number of anilines is 1. The molecule has 0 atom stereocenters. The quantitative estimate of drug-likeness (QED) is 0.486. The van der Waals surface area contributed by atoms with E-state index in [4.69, 9.17) is 5.73 Å². The van der Waals surface area contributed by atoms with Gasteiger partial charge in [0.25, 0.3) is 5.91 Å². The van der Waals surface area contributed by atoms with Gasteiger partial charge in [-0.25, -0.2) is 9.97 Å². The molecule has 9 heteroatoms. The molecular weight excluding hydrogens is 370 g/mol. The number of benzene rings is 2. The molecular formula is C20H17N7O2. The van der Waals surface area contributed by atoms with Gasteiger partial charge in [-0.2, -0.15) is 15.4 Å². The van der Waals surface area contributed by atoms with Crippen molar-refractivity contribution in [1.82, 2.24) is 30.3 Å². The molecule has 5 rings (SSSR count). The van der Waals surface area contributed by atoms with Crippen molar-refractivity contribution in [1.29, 1.82) is 0 Å². The lowest BCUT2D eigenvalue weighted by molar-refractivity contribution is 0.0747. The van der Waals surface area contributed by atoms with Gasteiger partial charge < -0.3 is 15.7 Å². The third-order valence-electron chi connectivity index (χ3n) is 5.09. The van der Waals surface area contributed by atoms with Crippen LogP contribution in [0.2, 0.25) is 0 Å². The van der Waals surface area contributed by atoms with Crippen molar-refractivity contribution in [3.8, 4) is 11.3 Å². The van der Waals surface area contributed by atoms with E-state index in [1.807, 2.05) is 24.3 Å². The average molecular weight is 387 g/mol. The fourth-order valence-corrected chi connectivity index (χ4v) is 3.68. The summed E-state index contributed by atoms with van der Waals surface area (Å²) in [4.78, 5) is 23.6. The zero-order chi connectivity index (χ0) is 20.0. The standard InChI is InChI=1S/C20H17N7O2/c21-20-22-15-6-5-11(17-16(10-28)24-26-25-17)7-14(15)18(23-20)19(29)27-8-12-3-1-2-4-13(12)9-27/h1-7,28H,8-10H2,(H2,21,22,23)(H,24,25,26). The maximum Gasteiger partial charge on any atom is 0.273 e. The summed E-state index contributed by atoms with van der Waals surface area (Å²) in [5, 5.41) is 20.6. The number of carbonyl (C=O) groups excluding carboxylic acids is 1. The number of aliphatic hydroxyl groups is 1. The van der Waals surface area contributed by atoms with Gasteiger partial charge in [0.1, 0.15) is 17.1 Å². The van der Waals surface area contributed by atoms with E-state index in [0.29, 0.717) is 40.9 Å². The van der Waals surface area contributed by atoms with Crippen LogP contribution in [0.3, 0.4) is 0 Å². The van der Waals surface area contributed by atoms with Gasteiger partial charge in [0.2, 0.25) is 5.95 Å². The number of amides is 1. The molecule has 1 aliphatic rings. The first-order valence-electron chi connectivity index (χ1n) is 9.08. The van der Waals surface area contributed by atoms with Crippen molar-refractivity contribution < 1.29 is 9.90 Å². The molecule has 0 spiro atoms. The molecule has 4 N–H and O–H groups in total. The van der Waals surface area contributed by atoms with Crippen LogP contribution in [-0.4, -0.2) is 41.3 Å². The molecule has 0 saturated carbocycles. The minimum Gasteiger partial charge on any atom is -0.390 e. The predicted octanol–water partition coefficient (Wildman–Crippen LogP) is 1.65. The summed E-state index contributed by atoms with van der Waals surface area (Å²) in [7, 11) is 0. The van der Waals surface area contributed by atoms with Gasteiger partial charge in [0, 0.05) is 24.0 Å². The number of hydrogen-bond acceptors (Lipinski definition) is 7. The van der Waals surface area contributed by atoms with E-state index in [0.717, 1.165) is 11.1 Å². The second-order valence-corrected chi connectivity index (χ2v) is 6.87. The van der Waals surface area contributed by atoms with Gasteiger partial charge in [-0.1, -0.05) is 30.3 Å². The predicted molar refractivity (Wildman–Crippen MR) is 105 cm³/mol. The number of hydrogen-bond donors (Lipinski definition) is 3. The monoisotopic (exact) mass is 387 g/mol. The van der Waals surface area contributed by atoms with Gasteiger partial charge in [-0.05, 0) is 23.3 Å². The normalized spacial score (nSPS) is 13.1. The number of aromatic nitrogens is 5. The Morgan fingerprint density at radius 3 is 2.59 bits per heavy atom. The lowest BCUT2D eigenvalue weighted by atomic mass is 10.1. The molecule has 1 aliphatic heterocycles. The molecule has 9 nitrogen and oxygen atoms in total. The molecule has 0 fully saturated rings. The van der Waals surface area contributed by atoms with Crippen molar-refractivity contribution in [2.45, 2.75) is 19.7 Å². The fourth-order valence-electron chi connectivity index (χ4n) is 3.68. The Balaban J connectivity index is 1.59. The molecule has 2 aromatic heterocycles. The molecule has 2 aromatic carbocycles. The summed E-state index contributed by atoms with van der Waals surface area (Å²) in [6, 6.07) is 13.3. The Labute approximate surface area is 165 Å². The molecule has 0 saturated heterocycles. The van der Waals surface area contributed by atoms with E-state index in [1.165, 1.54) is 0 Å². The Hall–Kier alpha value is -3.85. The fraction of sp³-hybridized carbons (Fsp3) is 0.150. The molecule has 0 unspecified atom stereocenters. The number of nitrogens with two attached hydrogens (primary N) is 1. The summed E-state index contributed by atoms with van der Waals surface area (Å²) in [5.41, 5.74) is 10.6. The number of carbonyl (C=O) groups is 1. The van der Waals surface area contributed by atoms with Gasteiger partial charge in [0.15, 0.2) is 0 Å². The first kappa shape index (κ1) is 17.3. The van der Waals surface area contributed by atoms with E-state index in [1.54, 1.807) is 23.1 Å². The average Bonchev–Trinajstić information content (AvgIpc) is 3.39. The summed E-state index contributed by atoms with van der Waals surface area (Å²) >= 11 is 0. The number of aromatic amines is 1. The largest absolute Gasteiger partial charge is 0.390 e. The first-order chi connectivity index (χ1) is 14.1.